The third-order valence-electron chi connectivity index (χ3n) is 5.31. The van der Waals surface area contributed by atoms with Gasteiger partial charge >= 0.3 is 6.09 Å². The number of para-hydroxylation sites is 1. The molecule has 1 saturated heterocycles. The van der Waals surface area contributed by atoms with Crippen LogP contribution in [0.5, 0.6) is 0 Å². The molecule has 3 rings (SSSR count). The molecule has 0 radical (unpaired) electrons. The molecule has 2 amide bonds. The number of carbonyl (C=O) groups excluding carboxylic acids is 2. The van der Waals surface area contributed by atoms with E-state index in [1.165, 1.54) is 11.8 Å². The lowest BCUT2D eigenvalue weighted by molar-refractivity contribution is -0.118. The van der Waals surface area contributed by atoms with Crippen LogP contribution in [-0.2, 0) is 9.53 Å². The summed E-state index contributed by atoms with van der Waals surface area (Å²) in [6.07, 6.45) is 4.32. The van der Waals surface area contributed by atoms with Crippen LogP contribution < -0.4 is 5.32 Å². The molecule has 9 heteroatoms. The SMILES string of the molecule is Cc1ccccc1-n1ccnc1SCC(=O)NCCCN1CCN(C(=O)OC(C)(C)C)CC1. The molecule has 0 bridgehead atoms. The molecule has 1 aromatic carbocycles. The van der Waals surface area contributed by atoms with Crippen LogP contribution >= 0.6 is 11.8 Å². The summed E-state index contributed by atoms with van der Waals surface area (Å²) in [5.41, 5.74) is 1.77. The highest BCUT2D eigenvalue weighted by atomic mass is 32.2. The zero-order valence-corrected chi connectivity index (χ0v) is 20.9. The molecule has 0 saturated carbocycles. The van der Waals surface area contributed by atoms with Crippen molar-refractivity contribution in [2.24, 2.45) is 0 Å². The number of hydrogen-bond donors (Lipinski definition) is 1. The van der Waals surface area contributed by atoms with E-state index >= 15 is 0 Å². The first kappa shape index (κ1) is 25.1. The smallest absolute Gasteiger partial charge is 0.410 e. The third-order valence-corrected chi connectivity index (χ3v) is 6.28. The Bertz CT molecular complexity index is 932. The average molecular weight is 474 g/mol. The third kappa shape index (κ3) is 7.78. The van der Waals surface area contributed by atoms with Crippen LogP contribution in [0, 0.1) is 6.92 Å². The summed E-state index contributed by atoms with van der Waals surface area (Å²) in [5, 5.41) is 3.81. The largest absolute Gasteiger partial charge is 0.444 e. The summed E-state index contributed by atoms with van der Waals surface area (Å²) < 4.78 is 7.46. The predicted octanol–water partition coefficient (Wildman–Crippen LogP) is 3.33. The van der Waals surface area contributed by atoms with Gasteiger partial charge in [-0.2, -0.15) is 0 Å². The first-order valence-electron chi connectivity index (χ1n) is 11.4. The van der Waals surface area contributed by atoms with Gasteiger partial charge in [0.2, 0.25) is 5.91 Å². The molecule has 2 aromatic rings. The molecule has 0 spiro atoms. The highest BCUT2D eigenvalue weighted by Gasteiger charge is 2.25. The number of aryl methyl sites for hydroxylation is 1. The molecular formula is C24H35N5O3S. The standard InChI is InChI=1S/C24H35N5O3S/c1-19-8-5-6-9-20(19)29-13-11-26-22(29)33-18-21(30)25-10-7-12-27-14-16-28(17-15-27)23(31)32-24(2,3)4/h5-6,8-9,11,13H,7,10,12,14-18H2,1-4H3,(H,25,30). The number of aromatic nitrogens is 2. The molecule has 1 fully saturated rings. The molecule has 1 N–H and O–H groups in total. The van der Waals surface area contributed by atoms with E-state index in [0.717, 1.165) is 42.5 Å². The summed E-state index contributed by atoms with van der Waals surface area (Å²) >= 11 is 1.44. The fourth-order valence-electron chi connectivity index (χ4n) is 3.61. The fourth-order valence-corrected chi connectivity index (χ4v) is 4.40. The van der Waals surface area contributed by atoms with Gasteiger partial charge < -0.3 is 15.0 Å². The Morgan fingerprint density at radius 1 is 1.15 bits per heavy atom. The van der Waals surface area contributed by atoms with Crippen molar-refractivity contribution >= 4 is 23.8 Å². The summed E-state index contributed by atoms with van der Waals surface area (Å²) in [6, 6.07) is 8.13. The maximum absolute atomic E-state index is 12.3. The minimum atomic E-state index is -0.468. The van der Waals surface area contributed by atoms with Gasteiger partial charge in [-0.3, -0.25) is 14.3 Å². The molecule has 8 nitrogen and oxygen atoms in total. The van der Waals surface area contributed by atoms with Crippen molar-refractivity contribution < 1.29 is 14.3 Å². The monoisotopic (exact) mass is 473 g/mol. The van der Waals surface area contributed by atoms with Gasteiger partial charge in [-0.05, 0) is 52.3 Å². The molecule has 33 heavy (non-hydrogen) atoms. The van der Waals surface area contributed by atoms with Crippen molar-refractivity contribution in [1.82, 2.24) is 24.7 Å². The van der Waals surface area contributed by atoms with Gasteiger partial charge in [0.15, 0.2) is 5.16 Å². The number of hydrogen-bond acceptors (Lipinski definition) is 6. The van der Waals surface area contributed by atoms with Gasteiger partial charge in [0.25, 0.3) is 0 Å². The van der Waals surface area contributed by atoms with Gasteiger partial charge in [0.05, 0.1) is 11.4 Å². The Morgan fingerprint density at radius 3 is 2.58 bits per heavy atom. The van der Waals surface area contributed by atoms with Crippen molar-refractivity contribution in [1.29, 1.82) is 0 Å². The zero-order chi connectivity index (χ0) is 23.8. The highest BCUT2D eigenvalue weighted by molar-refractivity contribution is 7.99. The van der Waals surface area contributed by atoms with Crippen LogP contribution in [0.3, 0.4) is 0 Å². The lowest BCUT2D eigenvalue weighted by Gasteiger charge is -2.35. The van der Waals surface area contributed by atoms with Gasteiger partial charge in [-0.15, -0.1) is 0 Å². The van der Waals surface area contributed by atoms with E-state index in [9.17, 15) is 9.59 Å². The van der Waals surface area contributed by atoms with E-state index < -0.39 is 5.60 Å². The number of amides is 2. The Hall–Kier alpha value is -2.52. The van der Waals surface area contributed by atoms with Crippen LogP contribution in [-0.4, -0.2) is 82.0 Å². The number of thioether (sulfide) groups is 1. The number of nitrogens with one attached hydrogen (secondary N) is 1. The summed E-state index contributed by atoms with van der Waals surface area (Å²) in [6.45, 7) is 12.2. The van der Waals surface area contributed by atoms with Crippen LogP contribution in [0.25, 0.3) is 5.69 Å². The van der Waals surface area contributed by atoms with Crippen LogP contribution in [0.15, 0.2) is 41.8 Å². The van der Waals surface area contributed by atoms with E-state index in [-0.39, 0.29) is 12.0 Å². The highest BCUT2D eigenvalue weighted by Crippen LogP contribution is 2.22. The number of ether oxygens (including phenoxy) is 1. The van der Waals surface area contributed by atoms with Crippen molar-refractivity contribution in [2.45, 2.75) is 44.9 Å². The Morgan fingerprint density at radius 2 is 1.88 bits per heavy atom. The molecule has 2 heterocycles. The first-order chi connectivity index (χ1) is 15.7. The molecule has 0 atom stereocenters. The second-order valence-electron chi connectivity index (χ2n) is 9.17. The number of imidazole rings is 1. The van der Waals surface area contributed by atoms with E-state index in [4.69, 9.17) is 4.74 Å². The summed E-state index contributed by atoms with van der Waals surface area (Å²) in [5.74, 6) is 0.339. The summed E-state index contributed by atoms with van der Waals surface area (Å²) in [4.78, 5) is 32.9. The van der Waals surface area contributed by atoms with Gasteiger partial charge in [0, 0.05) is 45.1 Å². The normalized spacial score (nSPS) is 14.8. The second kappa shape index (κ2) is 11.6. The molecule has 1 aliphatic rings. The van der Waals surface area contributed by atoms with Gasteiger partial charge in [-0.25, -0.2) is 9.78 Å². The minimum Gasteiger partial charge on any atom is -0.444 e. The summed E-state index contributed by atoms with van der Waals surface area (Å²) in [7, 11) is 0. The second-order valence-corrected chi connectivity index (χ2v) is 10.1. The van der Waals surface area contributed by atoms with Crippen LogP contribution in [0.2, 0.25) is 0 Å². The molecule has 180 valence electrons. The Balaban J connectivity index is 1.32. The van der Waals surface area contributed by atoms with Crippen LogP contribution in [0.4, 0.5) is 4.79 Å². The Kier molecular flexibility index (Phi) is 8.80. The molecular weight excluding hydrogens is 438 g/mol. The maximum atomic E-state index is 12.3. The Labute approximate surface area is 200 Å². The molecule has 0 unspecified atom stereocenters. The number of nitrogens with zero attached hydrogens (tertiary/aromatic N) is 4. The lowest BCUT2D eigenvalue weighted by atomic mass is 10.2. The number of rotatable bonds is 8. The van der Waals surface area contributed by atoms with E-state index in [1.807, 2.05) is 43.7 Å². The zero-order valence-electron chi connectivity index (χ0n) is 20.0. The van der Waals surface area contributed by atoms with Crippen molar-refractivity contribution in [3.8, 4) is 5.69 Å². The van der Waals surface area contributed by atoms with Crippen molar-refractivity contribution in [3.63, 3.8) is 0 Å². The van der Waals surface area contributed by atoms with Crippen LogP contribution in [0.1, 0.15) is 32.8 Å². The molecule has 0 aliphatic carbocycles. The number of carbonyl (C=O) groups is 2. The molecule has 1 aliphatic heterocycles. The average Bonchev–Trinajstić information content (AvgIpc) is 3.23. The van der Waals surface area contributed by atoms with Gasteiger partial charge in [0.1, 0.15) is 5.60 Å². The van der Waals surface area contributed by atoms with E-state index in [1.54, 1.807) is 11.1 Å². The van der Waals surface area contributed by atoms with E-state index in [2.05, 4.69) is 34.3 Å². The van der Waals surface area contributed by atoms with Gasteiger partial charge in [-0.1, -0.05) is 30.0 Å². The predicted molar refractivity (Wildman–Crippen MR) is 131 cm³/mol. The molecule has 1 aromatic heterocycles. The first-order valence-corrected chi connectivity index (χ1v) is 12.4. The lowest BCUT2D eigenvalue weighted by Crippen LogP contribution is -2.50. The van der Waals surface area contributed by atoms with E-state index in [0.29, 0.717) is 25.4 Å². The number of benzene rings is 1. The minimum absolute atomic E-state index is 0.00841. The van der Waals surface area contributed by atoms with Crippen molar-refractivity contribution in [3.05, 3.63) is 42.2 Å². The topological polar surface area (TPSA) is 79.7 Å². The number of piperazine rings is 1. The quantitative estimate of drug-likeness (QED) is 0.468. The maximum Gasteiger partial charge on any atom is 0.410 e. The fraction of sp³-hybridized carbons (Fsp3) is 0.542. The van der Waals surface area contributed by atoms with Crippen molar-refractivity contribution in [2.75, 3.05) is 45.0 Å².